The van der Waals surface area contributed by atoms with E-state index >= 15 is 0 Å². The van der Waals surface area contributed by atoms with E-state index in [1.54, 1.807) is 23.5 Å². The number of fused-ring (bicyclic) bond motifs is 1. The van der Waals surface area contributed by atoms with Gasteiger partial charge in [-0.2, -0.15) is 0 Å². The molecule has 0 aliphatic heterocycles. The molecule has 2 aromatic carbocycles. The predicted octanol–water partition coefficient (Wildman–Crippen LogP) is 5.98. The molecule has 6 heteroatoms. The summed E-state index contributed by atoms with van der Waals surface area (Å²) in [6.07, 6.45) is -0.162. The highest BCUT2D eigenvalue weighted by atomic mass is 32.1. The second kappa shape index (κ2) is 8.01. The van der Waals surface area contributed by atoms with Crippen molar-refractivity contribution in [3.05, 3.63) is 72.1 Å². The van der Waals surface area contributed by atoms with Crippen molar-refractivity contribution in [3.8, 4) is 10.4 Å². The molecule has 0 fully saturated rings. The fourth-order valence-corrected chi connectivity index (χ4v) is 4.09. The van der Waals surface area contributed by atoms with E-state index in [4.69, 9.17) is 4.74 Å². The smallest absolute Gasteiger partial charge is 0.338 e. The molecule has 0 amide bonds. The number of hydrogen-bond donors (Lipinski definition) is 1. The number of esters is 1. The van der Waals surface area contributed by atoms with Crippen LogP contribution in [0.15, 0.2) is 60.7 Å². The summed E-state index contributed by atoms with van der Waals surface area (Å²) in [5, 5.41) is 4.30. The highest BCUT2D eigenvalue weighted by Gasteiger charge is 2.14. The quantitative estimate of drug-likeness (QED) is 0.416. The normalized spacial score (nSPS) is 11.0. The first-order chi connectivity index (χ1) is 14.0. The van der Waals surface area contributed by atoms with Crippen LogP contribution < -0.4 is 5.32 Å². The number of ether oxygens (including phenoxy) is 1. The molecule has 0 atom stereocenters. The van der Waals surface area contributed by atoms with Gasteiger partial charge in [-0.3, -0.25) is 0 Å². The Morgan fingerprint density at radius 3 is 2.59 bits per heavy atom. The summed E-state index contributed by atoms with van der Waals surface area (Å²) in [5.74, 6) is 1.08. The van der Waals surface area contributed by atoms with Crippen molar-refractivity contribution in [1.29, 1.82) is 0 Å². The Balaban J connectivity index is 1.69. The summed E-state index contributed by atoms with van der Waals surface area (Å²) in [5.41, 5.74) is 2.42. The number of carbonyl (C=O) groups is 1. The molecular weight excluding hydrogens is 382 g/mol. The van der Waals surface area contributed by atoms with E-state index in [1.807, 2.05) is 51.1 Å². The minimum absolute atomic E-state index is 0.162. The third kappa shape index (κ3) is 4.27. The van der Waals surface area contributed by atoms with Gasteiger partial charge in [0, 0.05) is 10.6 Å². The van der Waals surface area contributed by atoms with E-state index < -0.39 is 0 Å². The Bertz CT molecular complexity index is 1170. The maximum Gasteiger partial charge on any atom is 0.338 e. The molecule has 4 aromatic rings. The molecule has 0 saturated carbocycles. The minimum Gasteiger partial charge on any atom is -0.459 e. The van der Waals surface area contributed by atoms with Crippen LogP contribution in [-0.4, -0.2) is 22.0 Å². The van der Waals surface area contributed by atoms with Crippen LogP contribution in [0, 0.1) is 6.92 Å². The molecule has 0 unspecified atom stereocenters. The van der Waals surface area contributed by atoms with Crippen molar-refractivity contribution < 1.29 is 9.53 Å². The number of aromatic nitrogens is 2. The Morgan fingerprint density at radius 2 is 1.83 bits per heavy atom. The average Bonchev–Trinajstić information content (AvgIpc) is 3.12. The lowest BCUT2D eigenvalue weighted by molar-refractivity contribution is 0.0378. The van der Waals surface area contributed by atoms with Crippen molar-refractivity contribution >= 4 is 39.0 Å². The van der Waals surface area contributed by atoms with Crippen LogP contribution in [0.25, 0.3) is 20.7 Å². The van der Waals surface area contributed by atoms with Crippen LogP contribution in [0.2, 0.25) is 0 Å². The van der Waals surface area contributed by atoms with Gasteiger partial charge >= 0.3 is 5.97 Å². The molecule has 29 heavy (non-hydrogen) atoms. The highest BCUT2D eigenvalue weighted by molar-refractivity contribution is 7.21. The standard InChI is InChI=1S/C23H21N3O2S/c1-14(2)28-23(27)17-10-7-11-18(12-17)26-21-19-13-20(16-8-5-4-6-9-16)29-22(19)25-15(3)24-21/h4-14H,1-3H3,(H,24,25,26). The molecule has 1 N–H and O–H groups in total. The van der Waals surface area contributed by atoms with Gasteiger partial charge in [-0.05, 0) is 50.6 Å². The van der Waals surface area contributed by atoms with Gasteiger partial charge in [-0.25, -0.2) is 14.8 Å². The molecule has 0 saturated heterocycles. The van der Waals surface area contributed by atoms with E-state index in [0.29, 0.717) is 11.4 Å². The summed E-state index contributed by atoms with van der Waals surface area (Å²) in [7, 11) is 0. The number of thiophene rings is 1. The first kappa shape index (κ1) is 19.1. The largest absolute Gasteiger partial charge is 0.459 e. The Labute approximate surface area is 173 Å². The average molecular weight is 404 g/mol. The molecule has 0 aliphatic carbocycles. The molecule has 2 aromatic heterocycles. The number of nitrogens with zero attached hydrogens (tertiary/aromatic N) is 2. The van der Waals surface area contributed by atoms with E-state index in [-0.39, 0.29) is 12.1 Å². The van der Waals surface area contributed by atoms with E-state index in [1.165, 1.54) is 0 Å². The minimum atomic E-state index is -0.338. The van der Waals surface area contributed by atoms with Crippen molar-refractivity contribution in [2.45, 2.75) is 26.9 Å². The molecule has 146 valence electrons. The zero-order valence-corrected chi connectivity index (χ0v) is 17.3. The van der Waals surface area contributed by atoms with Gasteiger partial charge in [0.1, 0.15) is 16.5 Å². The van der Waals surface area contributed by atoms with Gasteiger partial charge in [-0.15, -0.1) is 11.3 Å². The van der Waals surface area contributed by atoms with Gasteiger partial charge < -0.3 is 10.1 Å². The summed E-state index contributed by atoms with van der Waals surface area (Å²) in [4.78, 5) is 23.5. The topological polar surface area (TPSA) is 64.1 Å². The lowest BCUT2D eigenvalue weighted by atomic mass is 10.1. The number of nitrogens with one attached hydrogen (secondary N) is 1. The van der Waals surface area contributed by atoms with Crippen molar-refractivity contribution in [3.63, 3.8) is 0 Å². The van der Waals surface area contributed by atoms with Gasteiger partial charge in [-0.1, -0.05) is 36.4 Å². The van der Waals surface area contributed by atoms with E-state index in [9.17, 15) is 4.79 Å². The van der Waals surface area contributed by atoms with Crippen molar-refractivity contribution in [2.75, 3.05) is 5.32 Å². The van der Waals surface area contributed by atoms with Crippen LogP contribution >= 0.6 is 11.3 Å². The first-order valence-corrected chi connectivity index (χ1v) is 10.2. The summed E-state index contributed by atoms with van der Waals surface area (Å²) < 4.78 is 5.29. The number of aryl methyl sites for hydroxylation is 1. The second-order valence-electron chi connectivity index (χ2n) is 6.97. The van der Waals surface area contributed by atoms with Gasteiger partial charge in [0.25, 0.3) is 0 Å². The van der Waals surface area contributed by atoms with E-state index in [0.717, 1.165) is 32.2 Å². The summed E-state index contributed by atoms with van der Waals surface area (Å²) >= 11 is 1.64. The number of carbonyl (C=O) groups excluding carboxylic acids is 1. The maximum atomic E-state index is 12.2. The zero-order valence-electron chi connectivity index (χ0n) is 16.5. The third-order valence-corrected chi connectivity index (χ3v) is 5.34. The number of rotatable bonds is 5. The zero-order chi connectivity index (χ0) is 20.4. The number of benzene rings is 2. The Morgan fingerprint density at radius 1 is 1.03 bits per heavy atom. The lowest BCUT2D eigenvalue weighted by Crippen LogP contribution is -2.11. The first-order valence-electron chi connectivity index (χ1n) is 9.41. The van der Waals surface area contributed by atoms with Gasteiger partial charge in [0.2, 0.25) is 0 Å². The molecule has 0 bridgehead atoms. The summed E-state index contributed by atoms with van der Waals surface area (Å²) in [6, 6.07) is 19.6. The molecule has 0 spiro atoms. The Kier molecular flexibility index (Phi) is 5.27. The maximum absolute atomic E-state index is 12.2. The molecule has 5 nitrogen and oxygen atoms in total. The fraction of sp³-hybridized carbons (Fsp3) is 0.174. The molecule has 0 aliphatic rings. The van der Waals surface area contributed by atoms with Crippen LogP contribution in [-0.2, 0) is 4.74 Å². The van der Waals surface area contributed by atoms with E-state index in [2.05, 4.69) is 33.5 Å². The van der Waals surface area contributed by atoms with Crippen molar-refractivity contribution in [1.82, 2.24) is 9.97 Å². The molecule has 4 rings (SSSR count). The van der Waals surface area contributed by atoms with Gasteiger partial charge in [0.05, 0.1) is 17.1 Å². The molecule has 2 heterocycles. The number of hydrogen-bond acceptors (Lipinski definition) is 6. The third-order valence-electron chi connectivity index (χ3n) is 4.27. The lowest BCUT2D eigenvalue weighted by Gasteiger charge is -2.11. The highest BCUT2D eigenvalue weighted by Crippen LogP contribution is 2.36. The SMILES string of the molecule is Cc1nc(Nc2cccc(C(=O)OC(C)C)c2)c2cc(-c3ccccc3)sc2n1. The van der Waals surface area contributed by atoms with Crippen LogP contribution in [0.5, 0.6) is 0 Å². The monoisotopic (exact) mass is 403 g/mol. The summed E-state index contributed by atoms with van der Waals surface area (Å²) in [6.45, 7) is 5.55. The van der Waals surface area contributed by atoms with Crippen LogP contribution in [0.3, 0.4) is 0 Å². The van der Waals surface area contributed by atoms with Crippen LogP contribution in [0.1, 0.15) is 30.0 Å². The van der Waals surface area contributed by atoms with Gasteiger partial charge in [0.15, 0.2) is 0 Å². The molecule has 0 radical (unpaired) electrons. The van der Waals surface area contributed by atoms with Crippen molar-refractivity contribution in [2.24, 2.45) is 0 Å². The van der Waals surface area contributed by atoms with Crippen LogP contribution in [0.4, 0.5) is 11.5 Å². The predicted molar refractivity (Wildman–Crippen MR) is 118 cm³/mol. The second-order valence-corrected chi connectivity index (χ2v) is 8.01. The fourth-order valence-electron chi connectivity index (χ4n) is 3.01. The molecular formula is C23H21N3O2S. The number of anilines is 2. The Hall–Kier alpha value is -3.25.